The summed E-state index contributed by atoms with van der Waals surface area (Å²) in [5.74, 6) is 0.0186. The van der Waals surface area contributed by atoms with Gasteiger partial charge >= 0.3 is 6.16 Å². The number of hydrogen-bond acceptors (Lipinski definition) is 4. The Labute approximate surface area is 98.7 Å². The van der Waals surface area contributed by atoms with Gasteiger partial charge in [0.15, 0.2) is 0 Å². The molecule has 0 aliphatic carbocycles. The summed E-state index contributed by atoms with van der Waals surface area (Å²) in [4.78, 5) is 11.0. The lowest BCUT2D eigenvalue weighted by atomic mass is 10.2. The van der Waals surface area contributed by atoms with Crippen molar-refractivity contribution in [2.75, 3.05) is 6.61 Å². The van der Waals surface area contributed by atoms with Crippen molar-refractivity contribution in [3.05, 3.63) is 12.5 Å². The van der Waals surface area contributed by atoms with E-state index in [1.165, 1.54) is 0 Å². The molecule has 5 heteroatoms. The first-order valence-corrected chi connectivity index (χ1v) is 8.23. The van der Waals surface area contributed by atoms with Crippen LogP contribution in [0.15, 0.2) is 12.5 Å². The summed E-state index contributed by atoms with van der Waals surface area (Å²) in [6.07, 6.45) is -0.772. The lowest BCUT2D eigenvalue weighted by molar-refractivity contribution is 0.0518. The van der Waals surface area contributed by atoms with Crippen molar-refractivity contribution in [1.82, 2.24) is 0 Å². The van der Waals surface area contributed by atoms with Crippen molar-refractivity contribution in [2.24, 2.45) is 0 Å². The van der Waals surface area contributed by atoms with E-state index in [0.717, 1.165) is 0 Å². The maximum absolute atomic E-state index is 11.0. The van der Waals surface area contributed by atoms with Crippen molar-refractivity contribution in [2.45, 2.75) is 45.8 Å². The first-order valence-electron chi connectivity index (χ1n) is 5.32. The molecule has 0 aliphatic rings. The van der Waals surface area contributed by atoms with Crippen LogP contribution in [0.2, 0.25) is 18.1 Å². The van der Waals surface area contributed by atoms with Crippen LogP contribution in [-0.2, 0) is 13.9 Å². The van der Waals surface area contributed by atoms with E-state index in [2.05, 4.69) is 32.1 Å². The molecule has 0 heterocycles. The number of carbonyl (C=O) groups is 1. The minimum absolute atomic E-state index is 0.0186. The highest BCUT2D eigenvalue weighted by Gasteiger charge is 2.39. The Hall–Kier alpha value is -0.973. The largest absolute Gasteiger partial charge is 0.519 e. The van der Waals surface area contributed by atoms with E-state index < -0.39 is 14.5 Å². The summed E-state index contributed by atoms with van der Waals surface area (Å²) >= 11 is 0. The van der Waals surface area contributed by atoms with Gasteiger partial charge in [0.1, 0.15) is 0 Å². The van der Waals surface area contributed by atoms with E-state index in [1.807, 2.05) is 13.1 Å². The van der Waals surface area contributed by atoms with Crippen LogP contribution >= 0.6 is 0 Å². The molecule has 0 radical (unpaired) electrons. The monoisotopic (exact) mass is 246 g/mol. The third-order valence-electron chi connectivity index (χ3n) is 2.63. The number of ether oxygens (including phenoxy) is 2. The van der Waals surface area contributed by atoms with E-state index >= 15 is 0 Å². The van der Waals surface area contributed by atoms with Crippen LogP contribution in [0.3, 0.4) is 0 Å². The Morgan fingerprint density at radius 1 is 1.31 bits per heavy atom. The zero-order valence-electron chi connectivity index (χ0n) is 11.0. The molecule has 0 saturated carbocycles. The number of hydrogen-bond donors (Lipinski definition) is 0. The Bertz CT molecular complexity index is 266. The zero-order chi connectivity index (χ0) is 13.0. The van der Waals surface area contributed by atoms with Crippen LogP contribution in [0, 0.1) is 0 Å². The summed E-state index contributed by atoms with van der Waals surface area (Å²) in [5.41, 5.74) is 0. The van der Waals surface area contributed by atoms with Crippen LogP contribution in [0.4, 0.5) is 4.79 Å². The van der Waals surface area contributed by atoms with E-state index in [1.54, 1.807) is 6.92 Å². The maximum Gasteiger partial charge on any atom is 0.516 e. The standard InChI is InChI=1S/C11H22O4Si/c1-8-13-10(12)14-9(2)15-16(6,7)11(3,4)5/h2,8H2,1,3-7H3. The van der Waals surface area contributed by atoms with Gasteiger partial charge in [0, 0.05) is 0 Å². The zero-order valence-corrected chi connectivity index (χ0v) is 12.0. The van der Waals surface area contributed by atoms with Crippen molar-refractivity contribution >= 4 is 14.5 Å². The molecular weight excluding hydrogens is 224 g/mol. The second-order valence-electron chi connectivity index (χ2n) is 5.02. The highest BCUT2D eigenvalue weighted by molar-refractivity contribution is 6.74. The molecule has 0 atom stereocenters. The van der Waals surface area contributed by atoms with Gasteiger partial charge in [-0.2, -0.15) is 0 Å². The van der Waals surface area contributed by atoms with Gasteiger partial charge in [-0.05, 0) is 31.6 Å². The lowest BCUT2D eigenvalue weighted by Gasteiger charge is -2.36. The molecule has 4 nitrogen and oxygen atoms in total. The van der Waals surface area contributed by atoms with Gasteiger partial charge in [0.05, 0.1) is 6.61 Å². The molecule has 0 fully saturated rings. The highest BCUT2D eigenvalue weighted by Crippen LogP contribution is 2.37. The molecule has 16 heavy (non-hydrogen) atoms. The second-order valence-corrected chi connectivity index (χ2v) is 9.74. The number of rotatable bonds is 4. The van der Waals surface area contributed by atoms with Crippen molar-refractivity contribution < 1.29 is 18.7 Å². The highest BCUT2D eigenvalue weighted by atomic mass is 28.4. The fourth-order valence-corrected chi connectivity index (χ4v) is 1.62. The number of carbonyl (C=O) groups excluding carboxylic acids is 1. The van der Waals surface area contributed by atoms with Gasteiger partial charge < -0.3 is 13.9 Å². The molecule has 0 spiro atoms. The topological polar surface area (TPSA) is 44.8 Å². The quantitative estimate of drug-likeness (QED) is 0.431. The lowest BCUT2D eigenvalue weighted by Crippen LogP contribution is -2.40. The summed E-state index contributed by atoms with van der Waals surface area (Å²) in [5, 5.41) is 0.0357. The van der Waals surface area contributed by atoms with Crippen molar-refractivity contribution in [3.63, 3.8) is 0 Å². The van der Waals surface area contributed by atoms with Gasteiger partial charge in [-0.3, -0.25) is 0 Å². The molecule has 0 saturated heterocycles. The first-order chi connectivity index (χ1) is 7.10. The Morgan fingerprint density at radius 2 is 1.81 bits per heavy atom. The molecule has 0 aromatic heterocycles. The Balaban J connectivity index is 4.30. The Kier molecular flexibility index (Phi) is 5.06. The van der Waals surface area contributed by atoms with Gasteiger partial charge in [0.25, 0.3) is 14.3 Å². The van der Waals surface area contributed by atoms with Crippen molar-refractivity contribution in [1.29, 1.82) is 0 Å². The van der Waals surface area contributed by atoms with Gasteiger partial charge in [-0.15, -0.1) is 0 Å². The maximum atomic E-state index is 11.0. The minimum Gasteiger partial charge on any atom is -0.519 e. The minimum atomic E-state index is -1.99. The average Bonchev–Trinajstić information content (AvgIpc) is 1.99. The molecule has 0 N–H and O–H groups in total. The van der Waals surface area contributed by atoms with Crippen LogP contribution in [0.1, 0.15) is 27.7 Å². The van der Waals surface area contributed by atoms with E-state index in [-0.39, 0.29) is 17.6 Å². The fraction of sp³-hybridized carbons (Fsp3) is 0.727. The van der Waals surface area contributed by atoms with Gasteiger partial charge in [-0.25, -0.2) is 4.79 Å². The average molecular weight is 246 g/mol. The third-order valence-corrected chi connectivity index (χ3v) is 6.98. The second kappa shape index (κ2) is 5.38. The predicted molar refractivity (Wildman–Crippen MR) is 65.5 cm³/mol. The van der Waals surface area contributed by atoms with Crippen LogP contribution in [-0.4, -0.2) is 21.1 Å². The molecule has 0 amide bonds. The van der Waals surface area contributed by atoms with Crippen molar-refractivity contribution in [3.8, 4) is 0 Å². The van der Waals surface area contributed by atoms with Crippen LogP contribution in [0.5, 0.6) is 0 Å². The SMILES string of the molecule is C=C(OC(=O)OCC)O[Si](C)(C)C(C)(C)C. The predicted octanol–water partition coefficient (Wildman–Crippen LogP) is 3.65. The molecule has 0 rings (SSSR count). The first kappa shape index (κ1) is 15.0. The molecule has 0 aromatic carbocycles. The van der Waals surface area contributed by atoms with Crippen LogP contribution < -0.4 is 0 Å². The van der Waals surface area contributed by atoms with Gasteiger partial charge in [-0.1, -0.05) is 20.8 Å². The molecular formula is C11H22O4Si. The normalized spacial score (nSPS) is 11.9. The van der Waals surface area contributed by atoms with Gasteiger partial charge in [0.2, 0.25) is 0 Å². The third kappa shape index (κ3) is 4.70. The smallest absolute Gasteiger partial charge is 0.516 e. The van der Waals surface area contributed by atoms with E-state index in [0.29, 0.717) is 0 Å². The fourth-order valence-electron chi connectivity index (χ4n) is 0.699. The van der Waals surface area contributed by atoms with Crippen LogP contribution in [0.25, 0.3) is 0 Å². The Morgan fingerprint density at radius 3 is 2.19 bits per heavy atom. The molecule has 0 unspecified atom stereocenters. The molecule has 0 aliphatic heterocycles. The summed E-state index contributed by atoms with van der Waals surface area (Å²) < 4.78 is 15.0. The molecule has 0 aromatic rings. The van der Waals surface area contributed by atoms with E-state index in [4.69, 9.17) is 9.16 Å². The van der Waals surface area contributed by atoms with E-state index in [9.17, 15) is 4.79 Å². The summed E-state index contributed by atoms with van der Waals surface area (Å²) in [6, 6.07) is 0. The molecule has 0 bridgehead atoms. The summed E-state index contributed by atoms with van der Waals surface area (Å²) in [6.45, 7) is 15.9. The summed E-state index contributed by atoms with van der Waals surface area (Å²) in [7, 11) is -1.99. The molecule has 94 valence electrons.